The van der Waals surface area contributed by atoms with Crippen molar-refractivity contribution in [3.63, 3.8) is 0 Å². The summed E-state index contributed by atoms with van der Waals surface area (Å²) in [5.74, 6) is -3.16. The number of benzene rings is 2. The Morgan fingerprint density at radius 3 is 2.25 bits per heavy atom. The van der Waals surface area contributed by atoms with Gasteiger partial charge in [-0.05, 0) is 49.6 Å². The van der Waals surface area contributed by atoms with Gasteiger partial charge in [0.2, 0.25) is 5.91 Å². The summed E-state index contributed by atoms with van der Waals surface area (Å²) < 4.78 is 27.2. The number of carbonyl (C=O) groups is 3. The number of hydrogen-bond donors (Lipinski definition) is 3. The van der Waals surface area contributed by atoms with Crippen LogP contribution in [0.1, 0.15) is 28.8 Å². The molecule has 2 aromatic carbocycles. The largest absolute Gasteiger partial charge is 0.354 e. The number of nitrogens with one attached hydrogen (secondary N) is 3. The first kappa shape index (κ1) is 23.2. The minimum absolute atomic E-state index is 0.0378. The highest BCUT2D eigenvalue weighted by atomic mass is 19.1. The van der Waals surface area contributed by atoms with Crippen LogP contribution in [0.3, 0.4) is 0 Å². The highest BCUT2D eigenvalue weighted by molar-refractivity contribution is 5.94. The Balaban J connectivity index is 1.37. The number of likely N-dealkylation sites (tertiary alicyclic amines) is 1. The summed E-state index contributed by atoms with van der Waals surface area (Å²) in [6.07, 6.45) is 1.06. The zero-order valence-corrected chi connectivity index (χ0v) is 17.8. The predicted molar refractivity (Wildman–Crippen MR) is 116 cm³/mol. The summed E-state index contributed by atoms with van der Waals surface area (Å²) in [5, 5.41) is 7.97. The van der Waals surface area contributed by atoms with Crippen molar-refractivity contribution in [1.82, 2.24) is 15.5 Å². The van der Waals surface area contributed by atoms with Crippen molar-refractivity contribution in [2.24, 2.45) is 5.92 Å². The molecule has 0 spiro atoms. The lowest BCUT2D eigenvalue weighted by atomic mass is 9.96. The lowest BCUT2D eigenvalue weighted by molar-refractivity contribution is -0.126. The second-order valence-electron chi connectivity index (χ2n) is 7.70. The number of amides is 4. The van der Waals surface area contributed by atoms with Crippen molar-refractivity contribution in [3.8, 4) is 0 Å². The van der Waals surface area contributed by atoms with Crippen molar-refractivity contribution in [3.05, 3.63) is 65.2 Å². The number of aryl methyl sites for hydroxylation is 1. The Kier molecular flexibility index (Phi) is 7.75. The molecule has 0 unspecified atom stereocenters. The van der Waals surface area contributed by atoms with Crippen LogP contribution in [0.4, 0.5) is 19.3 Å². The van der Waals surface area contributed by atoms with Crippen LogP contribution in [0, 0.1) is 24.5 Å². The zero-order valence-electron chi connectivity index (χ0n) is 17.8. The van der Waals surface area contributed by atoms with Gasteiger partial charge in [-0.25, -0.2) is 13.6 Å². The van der Waals surface area contributed by atoms with E-state index in [1.165, 1.54) is 6.07 Å². The first-order valence-corrected chi connectivity index (χ1v) is 10.5. The van der Waals surface area contributed by atoms with Crippen LogP contribution in [0.2, 0.25) is 0 Å². The molecule has 9 heteroatoms. The standard InChI is InChI=1S/C23H26F2N4O3/c1-15-4-2-5-17(14-15)28-23(32)29-12-8-16(9-13-29)21(30)26-10-11-27-22(31)20-18(24)6-3-7-19(20)25/h2-7,14,16H,8-13H2,1H3,(H,26,30)(H,27,31)(H,28,32). The van der Waals surface area contributed by atoms with Gasteiger partial charge in [0.1, 0.15) is 17.2 Å². The van der Waals surface area contributed by atoms with Gasteiger partial charge in [0, 0.05) is 37.8 Å². The summed E-state index contributed by atoms with van der Waals surface area (Å²) in [5.41, 5.74) is 1.13. The van der Waals surface area contributed by atoms with E-state index < -0.39 is 23.1 Å². The fourth-order valence-corrected chi connectivity index (χ4v) is 3.58. The molecule has 0 atom stereocenters. The van der Waals surface area contributed by atoms with E-state index in [2.05, 4.69) is 16.0 Å². The SMILES string of the molecule is Cc1cccc(NC(=O)N2CCC(C(=O)NCCNC(=O)c3c(F)cccc3F)CC2)c1. The molecule has 0 radical (unpaired) electrons. The molecule has 32 heavy (non-hydrogen) atoms. The van der Waals surface area contributed by atoms with Crippen molar-refractivity contribution < 1.29 is 23.2 Å². The number of carbonyl (C=O) groups excluding carboxylic acids is 3. The molecule has 0 saturated carbocycles. The molecule has 170 valence electrons. The molecule has 7 nitrogen and oxygen atoms in total. The number of urea groups is 1. The molecule has 3 N–H and O–H groups in total. The Hall–Kier alpha value is -3.49. The van der Waals surface area contributed by atoms with Crippen LogP contribution in [-0.4, -0.2) is 48.9 Å². The maximum Gasteiger partial charge on any atom is 0.321 e. The highest BCUT2D eigenvalue weighted by Crippen LogP contribution is 2.19. The molecule has 1 saturated heterocycles. The number of rotatable bonds is 6. The summed E-state index contributed by atoms with van der Waals surface area (Å²) in [6, 6.07) is 10.5. The maximum atomic E-state index is 13.6. The van der Waals surface area contributed by atoms with E-state index >= 15 is 0 Å². The predicted octanol–water partition coefficient (Wildman–Crippen LogP) is 3.06. The topological polar surface area (TPSA) is 90.5 Å². The molecule has 0 aromatic heterocycles. The first-order valence-electron chi connectivity index (χ1n) is 10.5. The average molecular weight is 444 g/mol. The maximum absolute atomic E-state index is 13.6. The van der Waals surface area contributed by atoms with Gasteiger partial charge in [0.15, 0.2) is 0 Å². The summed E-state index contributed by atoms with van der Waals surface area (Å²) in [7, 11) is 0. The quantitative estimate of drug-likeness (QED) is 0.598. The number of nitrogens with zero attached hydrogens (tertiary/aromatic N) is 1. The van der Waals surface area contributed by atoms with Crippen LogP contribution in [0.25, 0.3) is 0 Å². The number of piperidine rings is 1. The minimum Gasteiger partial charge on any atom is -0.354 e. The normalized spacial score (nSPS) is 14.0. The van der Waals surface area contributed by atoms with Gasteiger partial charge in [-0.2, -0.15) is 0 Å². The van der Waals surface area contributed by atoms with Crippen molar-refractivity contribution in [2.45, 2.75) is 19.8 Å². The molecule has 3 rings (SSSR count). The number of anilines is 1. The lowest BCUT2D eigenvalue weighted by Gasteiger charge is -2.31. The van der Waals surface area contributed by atoms with Gasteiger partial charge in [-0.15, -0.1) is 0 Å². The molecule has 1 aliphatic heterocycles. The summed E-state index contributed by atoms with van der Waals surface area (Å²) in [4.78, 5) is 38.4. The van der Waals surface area contributed by atoms with Crippen LogP contribution in [0.5, 0.6) is 0 Å². The minimum atomic E-state index is -0.940. The van der Waals surface area contributed by atoms with Crippen molar-refractivity contribution in [1.29, 1.82) is 0 Å². The first-order chi connectivity index (χ1) is 15.3. The fourth-order valence-electron chi connectivity index (χ4n) is 3.58. The number of halogens is 2. The number of hydrogen-bond acceptors (Lipinski definition) is 3. The Labute approximate surface area is 185 Å². The monoisotopic (exact) mass is 444 g/mol. The van der Waals surface area contributed by atoms with Crippen LogP contribution in [-0.2, 0) is 4.79 Å². The molecule has 1 aliphatic rings. The Morgan fingerprint density at radius 1 is 0.969 bits per heavy atom. The molecule has 2 aromatic rings. The Morgan fingerprint density at radius 2 is 1.59 bits per heavy atom. The van der Waals surface area contributed by atoms with Gasteiger partial charge < -0.3 is 20.9 Å². The van der Waals surface area contributed by atoms with E-state index in [4.69, 9.17) is 0 Å². The van der Waals surface area contributed by atoms with Gasteiger partial charge >= 0.3 is 6.03 Å². The molecule has 4 amide bonds. The van der Waals surface area contributed by atoms with Crippen molar-refractivity contribution >= 4 is 23.5 Å². The molecule has 0 aliphatic carbocycles. The van der Waals surface area contributed by atoms with E-state index in [9.17, 15) is 23.2 Å². The van der Waals surface area contributed by atoms with Gasteiger partial charge in [-0.3, -0.25) is 9.59 Å². The molecular weight excluding hydrogens is 418 g/mol. The molecule has 0 bridgehead atoms. The van der Waals surface area contributed by atoms with E-state index in [0.29, 0.717) is 25.9 Å². The van der Waals surface area contributed by atoms with Crippen molar-refractivity contribution in [2.75, 3.05) is 31.5 Å². The molecule has 1 fully saturated rings. The fraction of sp³-hybridized carbons (Fsp3) is 0.348. The third-order valence-electron chi connectivity index (χ3n) is 5.32. The molecular formula is C23H26F2N4O3. The van der Waals surface area contributed by atoms with Crippen LogP contribution < -0.4 is 16.0 Å². The van der Waals surface area contributed by atoms with E-state index in [1.54, 1.807) is 4.90 Å². The van der Waals surface area contributed by atoms with Gasteiger partial charge in [0.25, 0.3) is 5.91 Å². The third kappa shape index (κ3) is 6.03. The zero-order chi connectivity index (χ0) is 23.1. The van der Waals surface area contributed by atoms with E-state index in [-0.39, 0.29) is 30.9 Å². The van der Waals surface area contributed by atoms with Gasteiger partial charge in [-0.1, -0.05) is 18.2 Å². The second kappa shape index (κ2) is 10.7. The summed E-state index contributed by atoms with van der Waals surface area (Å²) in [6.45, 7) is 3.03. The highest BCUT2D eigenvalue weighted by Gasteiger charge is 2.27. The smallest absolute Gasteiger partial charge is 0.321 e. The van der Waals surface area contributed by atoms with E-state index in [1.807, 2.05) is 31.2 Å². The Bertz CT molecular complexity index is 971. The second-order valence-corrected chi connectivity index (χ2v) is 7.70. The summed E-state index contributed by atoms with van der Waals surface area (Å²) >= 11 is 0. The lowest BCUT2D eigenvalue weighted by Crippen LogP contribution is -2.45. The average Bonchev–Trinajstić information content (AvgIpc) is 2.76. The molecule has 1 heterocycles. The third-order valence-corrected chi connectivity index (χ3v) is 5.32. The van der Waals surface area contributed by atoms with Crippen LogP contribution >= 0.6 is 0 Å². The van der Waals surface area contributed by atoms with E-state index in [0.717, 1.165) is 23.4 Å². The van der Waals surface area contributed by atoms with Gasteiger partial charge in [0.05, 0.1) is 0 Å². The van der Waals surface area contributed by atoms with Crippen LogP contribution in [0.15, 0.2) is 42.5 Å².